The van der Waals surface area contributed by atoms with Crippen molar-refractivity contribution in [1.29, 1.82) is 0 Å². The van der Waals surface area contributed by atoms with Crippen molar-refractivity contribution in [3.63, 3.8) is 0 Å². The lowest BCUT2D eigenvalue weighted by molar-refractivity contribution is -0.128. The molecule has 0 saturated heterocycles. The number of aryl methyl sites for hydroxylation is 1. The Kier molecular flexibility index (Phi) is 6.78. The maximum Gasteiger partial charge on any atom is 0.255 e. The van der Waals surface area contributed by atoms with E-state index in [0.29, 0.717) is 24.1 Å². The summed E-state index contributed by atoms with van der Waals surface area (Å²) in [7, 11) is 3.49. The number of benzene rings is 2. The highest BCUT2D eigenvalue weighted by Gasteiger charge is 2.08. The van der Waals surface area contributed by atoms with Gasteiger partial charge in [0, 0.05) is 31.8 Å². The number of hydrogen-bond donors (Lipinski definition) is 1. The maximum absolute atomic E-state index is 12.4. The maximum atomic E-state index is 12.4. The van der Waals surface area contributed by atoms with Crippen LogP contribution >= 0.6 is 0 Å². The van der Waals surface area contributed by atoms with Crippen molar-refractivity contribution >= 4 is 17.5 Å². The van der Waals surface area contributed by atoms with Crippen LogP contribution in [0.2, 0.25) is 0 Å². The molecule has 0 bridgehead atoms. The fourth-order valence-corrected chi connectivity index (χ4v) is 2.44. The molecule has 5 nitrogen and oxygen atoms in total. The average Bonchev–Trinajstić information content (AvgIpc) is 2.60. The first kappa shape index (κ1) is 19.5. The van der Waals surface area contributed by atoms with Crippen molar-refractivity contribution in [3.8, 4) is 5.75 Å². The molecular weight excluding hydrogens is 328 g/mol. The van der Waals surface area contributed by atoms with Crippen LogP contribution in [0.3, 0.4) is 0 Å². The highest BCUT2D eigenvalue weighted by Crippen LogP contribution is 2.17. The highest BCUT2D eigenvalue weighted by molar-refractivity contribution is 6.04. The molecule has 0 atom stereocenters. The van der Waals surface area contributed by atoms with E-state index >= 15 is 0 Å². The van der Waals surface area contributed by atoms with E-state index in [-0.39, 0.29) is 17.9 Å². The molecule has 2 rings (SSSR count). The van der Waals surface area contributed by atoms with Crippen molar-refractivity contribution in [2.45, 2.75) is 32.8 Å². The first-order valence-corrected chi connectivity index (χ1v) is 8.72. The molecule has 1 N–H and O–H groups in total. The Hall–Kier alpha value is -2.82. The molecule has 26 heavy (non-hydrogen) atoms. The van der Waals surface area contributed by atoms with Gasteiger partial charge in [0.05, 0.1) is 6.10 Å². The predicted octanol–water partition coefficient (Wildman–Crippen LogP) is 3.75. The number of ether oxygens (including phenoxy) is 1. The fraction of sp³-hybridized carbons (Fsp3) is 0.333. The Morgan fingerprint density at radius 3 is 2.38 bits per heavy atom. The van der Waals surface area contributed by atoms with Gasteiger partial charge in [-0.05, 0) is 62.2 Å². The smallest absolute Gasteiger partial charge is 0.255 e. The number of nitrogens with zero attached hydrogens (tertiary/aromatic N) is 1. The van der Waals surface area contributed by atoms with Gasteiger partial charge in [-0.1, -0.05) is 12.1 Å². The molecule has 0 saturated carbocycles. The van der Waals surface area contributed by atoms with Gasteiger partial charge in [0.25, 0.3) is 5.91 Å². The van der Waals surface area contributed by atoms with Crippen LogP contribution in [-0.2, 0) is 11.2 Å². The third-order valence-corrected chi connectivity index (χ3v) is 3.80. The fourth-order valence-electron chi connectivity index (χ4n) is 2.44. The number of rotatable bonds is 7. The number of anilines is 1. The first-order valence-electron chi connectivity index (χ1n) is 8.72. The minimum atomic E-state index is -0.178. The molecule has 5 heteroatoms. The average molecular weight is 354 g/mol. The summed E-state index contributed by atoms with van der Waals surface area (Å²) < 4.78 is 5.58. The zero-order chi connectivity index (χ0) is 19.1. The molecule has 0 aromatic heterocycles. The van der Waals surface area contributed by atoms with E-state index in [2.05, 4.69) is 5.32 Å². The molecule has 0 aliphatic carbocycles. The molecule has 0 radical (unpaired) electrons. The van der Waals surface area contributed by atoms with Crippen LogP contribution in [-0.4, -0.2) is 36.9 Å². The van der Waals surface area contributed by atoms with Gasteiger partial charge in [0.15, 0.2) is 0 Å². The van der Waals surface area contributed by atoms with Crippen LogP contribution in [0.15, 0.2) is 48.5 Å². The highest BCUT2D eigenvalue weighted by atomic mass is 16.5. The number of carbonyl (C=O) groups excluding carboxylic acids is 2. The number of carbonyl (C=O) groups is 2. The molecular formula is C21H26N2O3. The van der Waals surface area contributed by atoms with Crippen LogP contribution in [0.5, 0.6) is 5.75 Å². The quantitative estimate of drug-likeness (QED) is 0.824. The van der Waals surface area contributed by atoms with Gasteiger partial charge < -0.3 is 15.0 Å². The molecule has 0 spiro atoms. The summed E-state index contributed by atoms with van der Waals surface area (Å²) in [5.74, 6) is 0.648. The largest absolute Gasteiger partial charge is 0.491 e. The zero-order valence-corrected chi connectivity index (χ0v) is 15.8. The monoisotopic (exact) mass is 354 g/mol. The van der Waals surface area contributed by atoms with E-state index in [4.69, 9.17) is 4.74 Å². The Morgan fingerprint density at radius 2 is 1.77 bits per heavy atom. The SMILES string of the molecule is CC(C)Oc1ccc(C(=O)Nc2cccc(CCC(=O)N(C)C)c2)cc1. The number of nitrogens with one attached hydrogen (secondary N) is 1. The number of hydrogen-bond acceptors (Lipinski definition) is 3. The van der Waals surface area contributed by atoms with E-state index in [9.17, 15) is 9.59 Å². The molecule has 138 valence electrons. The number of amides is 2. The zero-order valence-electron chi connectivity index (χ0n) is 15.8. The van der Waals surface area contributed by atoms with Crippen LogP contribution in [0, 0.1) is 0 Å². The summed E-state index contributed by atoms with van der Waals surface area (Å²) in [6.07, 6.45) is 1.18. The van der Waals surface area contributed by atoms with Crippen molar-refractivity contribution in [2.24, 2.45) is 0 Å². The third-order valence-electron chi connectivity index (χ3n) is 3.80. The van der Waals surface area contributed by atoms with Gasteiger partial charge in [-0.2, -0.15) is 0 Å². The molecule has 0 aliphatic heterocycles. The summed E-state index contributed by atoms with van der Waals surface area (Å²) >= 11 is 0. The summed E-state index contributed by atoms with van der Waals surface area (Å²) in [5.41, 5.74) is 2.29. The Labute approximate surface area is 155 Å². The summed E-state index contributed by atoms with van der Waals surface area (Å²) in [5, 5.41) is 2.89. The summed E-state index contributed by atoms with van der Waals surface area (Å²) in [4.78, 5) is 25.7. The van der Waals surface area contributed by atoms with Crippen LogP contribution < -0.4 is 10.1 Å². The normalized spacial score (nSPS) is 10.5. The van der Waals surface area contributed by atoms with Gasteiger partial charge in [-0.25, -0.2) is 0 Å². The predicted molar refractivity (Wildman–Crippen MR) is 104 cm³/mol. The molecule has 2 aromatic rings. The lowest BCUT2D eigenvalue weighted by atomic mass is 10.1. The van der Waals surface area contributed by atoms with E-state index in [0.717, 1.165) is 11.3 Å². The third kappa shape index (κ3) is 5.92. The van der Waals surface area contributed by atoms with Gasteiger partial charge >= 0.3 is 0 Å². The Morgan fingerprint density at radius 1 is 1.08 bits per heavy atom. The summed E-state index contributed by atoms with van der Waals surface area (Å²) in [6, 6.07) is 14.6. The van der Waals surface area contributed by atoms with Gasteiger partial charge in [0.1, 0.15) is 5.75 Å². The molecule has 2 aromatic carbocycles. The van der Waals surface area contributed by atoms with E-state index in [1.807, 2.05) is 38.1 Å². The first-order chi connectivity index (χ1) is 12.3. The van der Waals surface area contributed by atoms with Crippen molar-refractivity contribution in [3.05, 3.63) is 59.7 Å². The van der Waals surface area contributed by atoms with Crippen LogP contribution in [0.25, 0.3) is 0 Å². The second kappa shape index (κ2) is 9.04. The molecule has 0 aliphatic rings. The second-order valence-electron chi connectivity index (χ2n) is 6.63. The van der Waals surface area contributed by atoms with Gasteiger partial charge in [-0.15, -0.1) is 0 Å². The van der Waals surface area contributed by atoms with Crippen molar-refractivity contribution < 1.29 is 14.3 Å². The minimum Gasteiger partial charge on any atom is -0.491 e. The second-order valence-corrected chi connectivity index (χ2v) is 6.63. The van der Waals surface area contributed by atoms with Gasteiger partial charge in [0.2, 0.25) is 5.91 Å². The van der Waals surface area contributed by atoms with E-state index < -0.39 is 0 Å². The van der Waals surface area contributed by atoms with Gasteiger partial charge in [-0.3, -0.25) is 9.59 Å². The standard InChI is InChI=1S/C21H26N2O3/c1-15(2)26-19-11-9-17(10-12-19)21(25)22-18-7-5-6-16(14-18)8-13-20(24)23(3)4/h5-7,9-12,14-15H,8,13H2,1-4H3,(H,22,25). The topological polar surface area (TPSA) is 58.6 Å². The van der Waals surface area contributed by atoms with E-state index in [1.165, 1.54) is 0 Å². The van der Waals surface area contributed by atoms with Crippen LogP contribution in [0.4, 0.5) is 5.69 Å². The van der Waals surface area contributed by atoms with E-state index in [1.54, 1.807) is 43.3 Å². The van der Waals surface area contributed by atoms with Crippen molar-refractivity contribution in [1.82, 2.24) is 4.90 Å². The Bertz CT molecular complexity index is 752. The molecule has 0 fully saturated rings. The van der Waals surface area contributed by atoms with Crippen molar-refractivity contribution in [2.75, 3.05) is 19.4 Å². The lowest BCUT2D eigenvalue weighted by Gasteiger charge is -2.11. The molecule has 2 amide bonds. The summed E-state index contributed by atoms with van der Waals surface area (Å²) in [6.45, 7) is 3.92. The minimum absolute atomic E-state index is 0.0862. The van der Waals surface area contributed by atoms with Crippen LogP contribution in [0.1, 0.15) is 36.2 Å². The molecule has 0 heterocycles. The molecule has 0 unspecified atom stereocenters. The Balaban J connectivity index is 1.98. The lowest BCUT2D eigenvalue weighted by Crippen LogP contribution is -2.21.